The summed E-state index contributed by atoms with van der Waals surface area (Å²) in [5.41, 5.74) is 3.37. The van der Waals surface area contributed by atoms with Gasteiger partial charge in [-0.15, -0.1) is 0 Å². The zero-order chi connectivity index (χ0) is 21.1. The van der Waals surface area contributed by atoms with Gasteiger partial charge >= 0.3 is 0 Å². The van der Waals surface area contributed by atoms with Crippen LogP contribution in [-0.4, -0.2) is 11.3 Å². The predicted octanol–water partition coefficient (Wildman–Crippen LogP) is 7.15. The fourth-order valence-electron chi connectivity index (χ4n) is 3.10. The molecule has 0 saturated carbocycles. The zero-order valence-electron chi connectivity index (χ0n) is 15.5. The maximum atomic E-state index is 10.3. The van der Waals surface area contributed by atoms with Crippen LogP contribution in [0.15, 0.2) is 82.2 Å². The van der Waals surface area contributed by atoms with Gasteiger partial charge in [0.05, 0.1) is 3.57 Å². The lowest BCUT2D eigenvalue weighted by Gasteiger charge is -2.03. The first-order chi connectivity index (χ1) is 14.6. The number of aliphatic imine (C=N–C) groups is 1. The number of rotatable bonds is 4. The van der Waals surface area contributed by atoms with E-state index in [1.165, 1.54) is 6.21 Å². The van der Waals surface area contributed by atoms with Crippen molar-refractivity contribution in [2.75, 3.05) is 0 Å². The summed E-state index contributed by atoms with van der Waals surface area (Å²) in [7, 11) is 0. The van der Waals surface area contributed by atoms with Crippen LogP contribution in [0.1, 0.15) is 11.1 Å². The van der Waals surface area contributed by atoms with Crippen LogP contribution in [-0.2, 0) is 0 Å². The molecule has 0 aliphatic carbocycles. The van der Waals surface area contributed by atoms with Gasteiger partial charge in [0, 0.05) is 26.5 Å². The van der Waals surface area contributed by atoms with Crippen LogP contribution in [0.2, 0.25) is 0 Å². The summed E-state index contributed by atoms with van der Waals surface area (Å²) in [6, 6.07) is 25.3. The van der Waals surface area contributed by atoms with E-state index in [9.17, 15) is 10.4 Å². The molecule has 0 unspecified atom stereocenters. The summed E-state index contributed by atoms with van der Waals surface area (Å²) < 4.78 is 7.80. The summed E-state index contributed by atoms with van der Waals surface area (Å²) in [6.07, 6.45) is 1.53. The first-order valence-electron chi connectivity index (χ1n) is 8.98. The van der Waals surface area contributed by atoms with Crippen molar-refractivity contribution in [3.05, 3.63) is 91.1 Å². The molecule has 0 spiro atoms. The summed E-state index contributed by atoms with van der Waals surface area (Å²) in [6.45, 7) is 0. The fraction of sp³-hybridized carbons (Fsp3) is 0. The van der Waals surface area contributed by atoms with Crippen molar-refractivity contribution in [3.63, 3.8) is 0 Å². The summed E-state index contributed by atoms with van der Waals surface area (Å²) >= 11 is 4.26. The number of hydrogen-bond acceptors (Lipinski definition) is 4. The Kier molecular flexibility index (Phi) is 6.20. The van der Waals surface area contributed by atoms with E-state index in [-0.39, 0.29) is 11.6 Å². The minimum absolute atomic E-state index is 0.149. The monoisotopic (exact) mass is 616 g/mol. The minimum Gasteiger partial charge on any atom is -0.506 e. The van der Waals surface area contributed by atoms with E-state index in [1.807, 2.05) is 72.8 Å². The molecule has 4 rings (SSSR count). The molecule has 6 heteroatoms. The minimum atomic E-state index is 0.149. The number of nitrogens with zero attached hydrogens (tertiary/aromatic N) is 2. The van der Waals surface area contributed by atoms with Gasteiger partial charge in [-0.25, -0.2) is 4.99 Å². The Morgan fingerprint density at radius 1 is 0.933 bits per heavy atom. The Hall–Kier alpha value is -2.64. The van der Waals surface area contributed by atoms with Crippen molar-refractivity contribution in [2.45, 2.75) is 0 Å². The van der Waals surface area contributed by atoms with Gasteiger partial charge in [-0.3, -0.25) is 0 Å². The highest BCUT2D eigenvalue weighted by atomic mass is 127. The molecule has 0 bridgehead atoms. The van der Waals surface area contributed by atoms with E-state index >= 15 is 0 Å². The van der Waals surface area contributed by atoms with Crippen molar-refractivity contribution in [1.29, 1.82) is 5.26 Å². The number of furan rings is 1. The van der Waals surface area contributed by atoms with Crippen LogP contribution in [0.4, 0.5) is 5.88 Å². The lowest BCUT2D eigenvalue weighted by atomic mass is 9.98. The van der Waals surface area contributed by atoms with E-state index in [1.54, 1.807) is 0 Å². The van der Waals surface area contributed by atoms with Gasteiger partial charge in [0.25, 0.3) is 0 Å². The summed E-state index contributed by atoms with van der Waals surface area (Å²) in [5, 5.41) is 20.3. The maximum Gasteiger partial charge on any atom is 0.238 e. The van der Waals surface area contributed by atoms with Crippen molar-refractivity contribution in [3.8, 4) is 34.3 Å². The van der Waals surface area contributed by atoms with E-state index < -0.39 is 0 Å². The molecule has 1 aromatic heterocycles. The molecule has 30 heavy (non-hydrogen) atoms. The van der Waals surface area contributed by atoms with Gasteiger partial charge in [-0.05, 0) is 62.9 Å². The number of phenolic OH excluding ortho intramolecular Hbond substituents is 1. The van der Waals surface area contributed by atoms with Crippen LogP contribution in [0, 0.1) is 18.5 Å². The van der Waals surface area contributed by atoms with E-state index in [0.717, 1.165) is 18.3 Å². The first kappa shape index (κ1) is 20.6. The van der Waals surface area contributed by atoms with Gasteiger partial charge in [-0.1, -0.05) is 60.7 Å². The molecule has 4 nitrogen and oxygen atoms in total. The predicted molar refractivity (Wildman–Crippen MR) is 135 cm³/mol. The van der Waals surface area contributed by atoms with Crippen LogP contribution in [0.5, 0.6) is 5.75 Å². The van der Waals surface area contributed by atoms with Crippen LogP contribution in [0.25, 0.3) is 22.5 Å². The Balaban J connectivity index is 1.90. The third-order valence-electron chi connectivity index (χ3n) is 4.48. The molecular weight excluding hydrogens is 602 g/mol. The smallest absolute Gasteiger partial charge is 0.238 e. The molecule has 0 aliphatic heterocycles. The number of aromatic hydroxyl groups is 1. The second kappa shape index (κ2) is 9.02. The second-order valence-corrected chi connectivity index (χ2v) is 8.82. The molecule has 1 N–H and O–H groups in total. The number of nitriles is 1. The maximum absolute atomic E-state index is 10.3. The van der Waals surface area contributed by atoms with E-state index in [2.05, 4.69) is 56.2 Å². The highest BCUT2D eigenvalue weighted by molar-refractivity contribution is 14.1. The van der Waals surface area contributed by atoms with Crippen LogP contribution in [0.3, 0.4) is 0 Å². The lowest BCUT2D eigenvalue weighted by molar-refractivity contribution is 0.470. The quantitative estimate of drug-likeness (QED) is 0.196. The summed E-state index contributed by atoms with van der Waals surface area (Å²) in [5.74, 6) is 0.951. The second-order valence-electron chi connectivity index (χ2n) is 6.41. The van der Waals surface area contributed by atoms with Crippen LogP contribution < -0.4 is 0 Å². The highest BCUT2D eigenvalue weighted by Gasteiger charge is 2.22. The highest BCUT2D eigenvalue weighted by Crippen LogP contribution is 2.42. The van der Waals surface area contributed by atoms with Gasteiger partial charge in [-0.2, -0.15) is 5.26 Å². The standard InChI is InChI=1S/C24H14I2N2O2/c25-18-11-17(22(29)20(26)12-18)14-28-24-19(13-27)21(15-7-3-1-4-8-15)23(30-24)16-9-5-2-6-10-16/h1-12,14,29H/b28-14+. The Morgan fingerprint density at radius 2 is 1.57 bits per heavy atom. The molecule has 0 saturated heterocycles. The first-order valence-corrected chi connectivity index (χ1v) is 11.1. The average Bonchev–Trinajstić information content (AvgIpc) is 3.15. The molecular formula is C24H14I2N2O2. The molecule has 0 amide bonds. The third-order valence-corrected chi connectivity index (χ3v) is 5.92. The Bertz CT molecular complexity index is 1270. The zero-order valence-corrected chi connectivity index (χ0v) is 19.8. The fourth-order valence-corrected chi connectivity index (χ4v) is 4.99. The lowest BCUT2D eigenvalue weighted by Crippen LogP contribution is -1.88. The largest absolute Gasteiger partial charge is 0.506 e. The molecule has 0 aliphatic rings. The molecule has 146 valence electrons. The summed E-state index contributed by atoms with van der Waals surface area (Å²) in [4.78, 5) is 4.44. The van der Waals surface area contributed by atoms with Crippen molar-refractivity contribution >= 4 is 57.3 Å². The average molecular weight is 616 g/mol. The molecule has 3 aromatic carbocycles. The Morgan fingerprint density at radius 3 is 2.20 bits per heavy atom. The number of hydrogen-bond donors (Lipinski definition) is 1. The van der Waals surface area contributed by atoms with E-state index in [4.69, 9.17) is 4.42 Å². The Labute approximate surface area is 201 Å². The van der Waals surface area contributed by atoms with Gasteiger partial charge in [0.1, 0.15) is 23.1 Å². The number of benzene rings is 3. The third kappa shape index (κ3) is 4.13. The van der Waals surface area contributed by atoms with Gasteiger partial charge < -0.3 is 9.52 Å². The van der Waals surface area contributed by atoms with Gasteiger partial charge in [0.15, 0.2) is 0 Å². The molecule has 0 atom stereocenters. The molecule has 1 heterocycles. The molecule has 4 aromatic rings. The molecule has 0 radical (unpaired) electrons. The molecule has 0 fully saturated rings. The number of phenols is 1. The topological polar surface area (TPSA) is 69.5 Å². The van der Waals surface area contributed by atoms with Crippen molar-refractivity contribution < 1.29 is 9.52 Å². The van der Waals surface area contributed by atoms with Crippen LogP contribution >= 0.6 is 45.2 Å². The van der Waals surface area contributed by atoms with Crippen molar-refractivity contribution in [2.24, 2.45) is 4.99 Å². The normalized spacial score (nSPS) is 11.0. The van der Waals surface area contributed by atoms with Crippen molar-refractivity contribution in [1.82, 2.24) is 0 Å². The van der Waals surface area contributed by atoms with Gasteiger partial charge in [0.2, 0.25) is 5.88 Å². The SMILES string of the molecule is N#Cc1c(/N=C/c2cc(I)cc(I)c2O)oc(-c2ccccc2)c1-c1ccccc1. The number of halogens is 2. The van der Waals surface area contributed by atoms with E-state index in [0.29, 0.717) is 22.5 Å².